The van der Waals surface area contributed by atoms with E-state index in [-0.39, 0.29) is 22.5 Å². The normalized spacial score (nSPS) is 23.4. The van der Waals surface area contributed by atoms with Crippen molar-refractivity contribution in [3.05, 3.63) is 65.5 Å². The zero-order chi connectivity index (χ0) is 21.9. The highest BCUT2D eigenvalue weighted by Gasteiger charge is 2.45. The lowest BCUT2D eigenvalue weighted by molar-refractivity contribution is -0.131. The van der Waals surface area contributed by atoms with Gasteiger partial charge in [0.2, 0.25) is 5.91 Å². The highest BCUT2D eigenvalue weighted by molar-refractivity contribution is 7.90. The molecule has 0 saturated carbocycles. The van der Waals surface area contributed by atoms with Crippen molar-refractivity contribution in [2.24, 2.45) is 5.92 Å². The first-order chi connectivity index (χ1) is 14.8. The second-order valence-electron chi connectivity index (χ2n) is 8.08. The third-order valence-corrected chi connectivity index (χ3v) is 7.91. The molecule has 0 radical (unpaired) electrons. The Labute approximate surface area is 179 Å². The van der Waals surface area contributed by atoms with Crippen LogP contribution in [0.25, 0.3) is 5.57 Å². The van der Waals surface area contributed by atoms with Crippen LogP contribution in [0.5, 0.6) is 0 Å². The van der Waals surface area contributed by atoms with Crippen molar-refractivity contribution in [3.8, 4) is 0 Å². The molecule has 2 heterocycles. The molecule has 9 heteroatoms. The van der Waals surface area contributed by atoms with E-state index in [1.165, 1.54) is 6.07 Å². The Bertz CT molecular complexity index is 1260. The number of anilines is 1. The third-order valence-electron chi connectivity index (χ3n) is 6.14. The first-order valence-electron chi connectivity index (χ1n) is 9.96. The summed E-state index contributed by atoms with van der Waals surface area (Å²) >= 11 is 0. The number of nitrogens with one attached hydrogen (secondary N) is 1. The Morgan fingerprint density at radius 1 is 1.23 bits per heavy atom. The van der Waals surface area contributed by atoms with E-state index in [0.717, 1.165) is 35.3 Å². The maximum Gasteiger partial charge on any atom is 0.336 e. The monoisotopic (exact) mass is 441 g/mol. The predicted molar refractivity (Wildman–Crippen MR) is 112 cm³/mol. The molecular weight excluding hydrogens is 421 g/mol. The fourth-order valence-corrected chi connectivity index (χ4v) is 6.12. The third kappa shape index (κ3) is 3.11. The van der Waals surface area contributed by atoms with Crippen molar-refractivity contribution in [1.82, 2.24) is 9.21 Å². The number of halogens is 1. The van der Waals surface area contributed by atoms with Gasteiger partial charge in [0.25, 0.3) is 10.0 Å². The average molecular weight is 441 g/mol. The van der Waals surface area contributed by atoms with Gasteiger partial charge in [-0.15, -0.1) is 0 Å². The summed E-state index contributed by atoms with van der Waals surface area (Å²) < 4.78 is 40.0. The molecule has 0 unspecified atom stereocenters. The van der Waals surface area contributed by atoms with Crippen LogP contribution in [0, 0.1) is 18.7 Å². The molecule has 160 valence electrons. The van der Waals surface area contributed by atoms with Crippen molar-refractivity contribution >= 4 is 33.2 Å². The quantitative estimate of drug-likeness (QED) is 0.794. The number of hydrogen-bond acceptors (Lipinski definition) is 4. The molecule has 3 aliphatic rings. The van der Waals surface area contributed by atoms with Crippen LogP contribution in [-0.2, 0) is 14.8 Å². The number of carbonyl (C=O) groups excluding carboxylic acids is 2. The second-order valence-corrected chi connectivity index (χ2v) is 9.91. The van der Waals surface area contributed by atoms with E-state index >= 15 is 0 Å². The number of amides is 3. The van der Waals surface area contributed by atoms with Crippen LogP contribution in [0.2, 0.25) is 0 Å². The molecule has 0 spiro atoms. The van der Waals surface area contributed by atoms with Crippen LogP contribution >= 0.6 is 0 Å². The van der Waals surface area contributed by atoms with E-state index in [9.17, 15) is 22.4 Å². The Morgan fingerprint density at radius 3 is 2.74 bits per heavy atom. The number of rotatable bonds is 3. The molecule has 5 rings (SSSR count). The molecule has 1 saturated heterocycles. The molecule has 7 nitrogen and oxygen atoms in total. The first-order valence-corrected chi connectivity index (χ1v) is 11.4. The summed E-state index contributed by atoms with van der Waals surface area (Å²) in [7, 11) is -4.35. The molecule has 2 aliphatic heterocycles. The van der Waals surface area contributed by atoms with E-state index in [1.807, 2.05) is 31.2 Å². The van der Waals surface area contributed by atoms with Gasteiger partial charge in [-0.1, -0.05) is 30.3 Å². The lowest BCUT2D eigenvalue weighted by Gasteiger charge is -2.33. The number of carbonyl (C=O) groups is 2. The summed E-state index contributed by atoms with van der Waals surface area (Å²) in [5, 5.41) is 2.42. The van der Waals surface area contributed by atoms with Crippen LogP contribution in [0.3, 0.4) is 0 Å². The van der Waals surface area contributed by atoms with Crippen molar-refractivity contribution in [1.29, 1.82) is 0 Å². The Morgan fingerprint density at radius 2 is 2.00 bits per heavy atom. The Balaban J connectivity index is 1.41. The van der Waals surface area contributed by atoms with Gasteiger partial charge >= 0.3 is 6.03 Å². The highest BCUT2D eigenvalue weighted by Crippen LogP contribution is 2.42. The minimum Gasteiger partial charge on any atom is -0.333 e. The summed E-state index contributed by atoms with van der Waals surface area (Å²) in [5.74, 6) is -0.995. The molecule has 2 aromatic rings. The number of benzene rings is 2. The standard InChI is InChI=1S/C22H20FN3O4S/c1-13-4-2-3-5-16(13)17-8-14-9-19(17)25(11-14)21(27)12-26-22(28)24-18-7-6-15(23)10-20(18)31(26,29)30/h2-8,10,14,19H,9,11-12H2,1H3,(H,24,28)/t14-,19-/m0/s1. The van der Waals surface area contributed by atoms with Gasteiger partial charge in [0.05, 0.1) is 11.7 Å². The maximum absolute atomic E-state index is 13.6. The molecule has 1 fully saturated rings. The lowest BCUT2D eigenvalue weighted by atomic mass is 9.96. The number of nitrogens with zero attached hydrogens (tertiary/aromatic N) is 2. The number of hydrogen-bond donors (Lipinski definition) is 1. The van der Waals surface area contributed by atoms with Gasteiger partial charge in [0, 0.05) is 6.54 Å². The molecule has 2 aromatic carbocycles. The van der Waals surface area contributed by atoms with Crippen LogP contribution in [0.4, 0.5) is 14.9 Å². The molecule has 3 amide bonds. The number of urea groups is 1. The average Bonchev–Trinajstić information content (AvgIpc) is 3.33. The minimum atomic E-state index is -4.35. The molecular formula is C22H20FN3O4S. The molecule has 1 aliphatic carbocycles. The predicted octanol–water partition coefficient (Wildman–Crippen LogP) is 2.98. The number of aryl methyl sites for hydroxylation is 1. The maximum atomic E-state index is 13.6. The van der Waals surface area contributed by atoms with Gasteiger partial charge in [0.1, 0.15) is 17.3 Å². The van der Waals surface area contributed by atoms with Gasteiger partial charge in [0.15, 0.2) is 0 Å². The van der Waals surface area contributed by atoms with Crippen molar-refractivity contribution in [2.75, 3.05) is 18.4 Å². The van der Waals surface area contributed by atoms with Gasteiger partial charge in [-0.3, -0.25) is 4.79 Å². The number of fused-ring (bicyclic) bond motifs is 3. The largest absolute Gasteiger partial charge is 0.336 e. The van der Waals surface area contributed by atoms with E-state index in [2.05, 4.69) is 11.4 Å². The molecule has 31 heavy (non-hydrogen) atoms. The highest BCUT2D eigenvalue weighted by atomic mass is 32.2. The van der Waals surface area contributed by atoms with Gasteiger partial charge in [-0.25, -0.2) is 21.9 Å². The topological polar surface area (TPSA) is 86.8 Å². The molecule has 1 N–H and O–H groups in total. The molecule has 2 bridgehead atoms. The van der Waals surface area contributed by atoms with E-state index < -0.39 is 34.3 Å². The summed E-state index contributed by atoms with van der Waals surface area (Å²) in [6.07, 6.45) is 2.96. The molecule has 0 aromatic heterocycles. The zero-order valence-electron chi connectivity index (χ0n) is 16.7. The van der Waals surface area contributed by atoms with E-state index in [0.29, 0.717) is 10.8 Å². The van der Waals surface area contributed by atoms with Crippen molar-refractivity contribution in [2.45, 2.75) is 24.3 Å². The number of likely N-dealkylation sites (tertiary alicyclic amines) is 1. The van der Waals surface area contributed by atoms with Gasteiger partial charge in [-0.05, 0) is 54.2 Å². The summed E-state index contributed by atoms with van der Waals surface area (Å²) in [6.45, 7) is 1.86. The van der Waals surface area contributed by atoms with Gasteiger partial charge in [-0.2, -0.15) is 0 Å². The van der Waals surface area contributed by atoms with Crippen molar-refractivity contribution in [3.63, 3.8) is 0 Å². The number of sulfonamides is 1. The van der Waals surface area contributed by atoms with Crippen LogP contribution in [0.1, 0.15) is 17.5 Å². The van der Waals surface area contributed by atoms with Crippen molar-refractivity contribution < 1.29 is 22.4 Å². The summed E-state index contributed by atoms with van der Waals surface area (Å²) in [6, 6.07) is 9.95. The van der Waals surface area contributed by atoms with Crippen LogP contribution in [0.15, 0.2) is 53.4 Å². The summed E-state index contributed by atoms with van der Waals surface area (Å²) in [5.41, 5.74) is 3.23. The molecule has 2 atom stereocenters. The first kappa shape index (κ1) is 19.7. The van der Waals surface area contributed by atoms with Crippen LogP contribution < -0.4 is 5.32 Å². The van der Waals surface area contributed by atoms with E-state index in [4.69, 9.17) is 0 Å². The fraction of sp³-hybridized carbons (Fsp3) is 0.273. The Kier molecular flexibility index (Phi) is 4.40. The summed E-state index contributed by atoms with van der Waals surface area (Å²) in [4.78, 5) is 26.9. The fourth-order valence-electron chi connectivity index (χ4n) is 4.68. The minimum absolute atomic E-state index is 0.0000934. The lowest BCUT2D eigenvalue weighted by Crippen LogP contribution is -2.50. The van der Waals surface area contributed by atoms with Crippen LogP contribution in [-0.4, -0.2) is 48.7 Å². The SMILES string of the molecule is Cc1ccccc1C1=C[C@H]2C[C@@H]1N(C(=O)CN1C(=O)Nc3ccc(F)cc3S1(=O)=O)C2. The Hall–Kier alpha value is -3.20. The van der Waals surface area contributed by atoms with E-state index in [1.54, 1.807) is 4.90 Å². The van der Waals surface area contributed by atoms with Gasteiger partial charge < -0.3 is 10.2 Å². The second kappa shape index (κ2) is 6.91. The zero-order valence-corrected chi connectivity index (χ0v) is 17.5. The smallest absolute Gasteiger partial charge is 0.333 e.